The van der Waals surface area contributed by atoms with Crippen LogP contribution in [0.5, 0.6) is 0 Å². The van der Waals surface area contributed by atoms with E-state index in [4.69, 9.17) is 0 Å². The quantitative estimate of drug-likeness (QED) is 0.706. The molecule has 1 aromatic rings. The lowest BCUT2D eigenvalue weighted by molar-refractivity contribution is -0.120. The monoisotopic (exact) mass is 195 g/mol. The van der Waals surface area contributed by atoms with Crippen molar-refractivity contribution in [1.29, 1.82) is 0 Å². The Hall–Kier alpha value is -0.960. The summed E-state index contributed by atoms with van der Waals surface area (Å²) in [5.41, 5.74) is 1.02. The lowest BCUT2D eigenvalue weighted by Crippen LogP contribution is -2.24. The topological polar surface area (TPSA) is 29.1 Å². The van der Waals surface area contributed by atoms with Gasteiger partial charge in [0.15, 0.2) is 0 Å². The van der Waals surface area contributed by atoms with Crippen LogP contribution in [0.25, 0.3) is 0 Å². The van der Waals surface area contributed by atoms with E-state index in [1.54, 1.807) is 0 Å². The van der Waals surface area contributed by atoms with Crippen molar-refractivity contribution in [3.8, 4) is 0 Å². The molecule has 2 nitrogen and oxygen atoms in total. The largest absolute Gasteiger partial charge is 0.356 e. The molecule has 0 aromatic heterocycles. The molecule has 0 radical (unpaired) electrons. The van der Waals surface area contributed by atoms with E-state index >= 15 is 0 Å². The first-order chi connectivity index (χ1) is 6.22. The highest BCUT2D eigenvalue weighted by Gasteiger charge is 2.00. The van der Waals surface area contributed by atoms with Crippen molar-refractivity contribution in [3.05, 3.63) is 29.8 Å². The SMILES string of the molecule is CCNC(=O)Cc1ccc(S)cc1. The first-order valence-corrected chi connectivity index (χ1v) is 4.71. The number of likely N-dealkylation sites (N-methyl/N-ethyl adjacent to an activating group) is 1. The van der Waals surface area contributed by atoms with E-state index in [1.807, 2.05) is 31.2 Å². The second-order valence-corrected chi connectivity index (χ2v) is 3.31. The van der Waals surface area contributed by atoms with Crippen LogP contribution in [-0.2, 0) is 11.2 Å². The Labute approximate surface area is 83.8 Å². The van der Waals surface area contributed by atoms with E-state index in [2.05, 4.69) is 17.9 Å². The van der Waals surface area contributed by atoms with Gasteiger partial charge in [-0.3, -0.25) is 4.79 Å². The van der Waals surface area contributed by atoms with Gasteiger partial charge in [0, 0.05) is 11.4 Å². The molecule has 0 spiro atoms. The number of benzene rings is 1. The standard InChI is InChI=1S/C10H13NOS/c1-2-11-10(12)7-8-3-5-9(13)6-4-8/h3-6,13H,2,7H2,1H3,(H,11,12). The van der Waals surface area contributed by atoms with Crippen LogP contribution in [-0.4, -0.2) is 12.5 Å². The summed E-state index contributed by atoms with van der Waals surface area (Å²) >= 11 is 4.16. The van der Waals surface area contributed by atoms with E-state index in [-0.39, 0.29) is 5.91 Å². The summed E-state index contributed by atoms with van der Waals surface area (Å²) in [5, 5.41) is 2.75. The number of thiol groups is 1. The predicted octanol–water partition coefficient (Wildman–Crippen LogP) is 1.65. The first kappa shape index (κ1) is 10.1. The maximum absolute atomic E-state index is 11.2. The third kappa shape index (κ3) is 3.51. The van der Waals surface area contributed by atoms with Gasteiger partial charge in [0.05, 0.1) is 6.42 Å². The number of carbonyl (C=O) groups is 1. The maximum atomic E-state index is 11.2. The van der Waals surface area contributed by atoms with Crippen LogP contribution in [0, 0.1) is 0 Å². The van der Waals surface area contributed by atoms with Gasteiger partial charge in [-0.2, -0.15) is 0 Å². The van der Waals surface area contributed by atoms with Crippen LogP contribution in [0.15, 0.2) is 29.2 Å². The van der Waals surface area contributed by atoms with Gasteiger partial charge in [0.2, 0.25) is 5.91 Å². The average Bonchev–Trinajstić information content (AvgIpc) is 2.09. The molecule has 0 aliphatic heterocycles. The number of amides is 1. The normalized spacial score (nSPS) is 9.69. The Balaban J connectivity index is 2.54. The van der Waals surface area contributed by atoms with Gasteiger partial charge in [-0.15, -0.1) is 12.6 Å². The minimum Gasteiger partial charge on any atom is -0.356 e. The highest BCUT2D eigenvalue weighted by Crippen LogP contribution is 2.07. The summed E-state index contributed by atoms with van der Waals surface area (Å²) in [6.07, 6.45) is 0.446. The van der Waals surface area contributed by atoms with Gasteiger partial charge in [-0.1, -0.05) is 12.1 Å². The molecule has 13 heavy (non-hydrogen) atoms. The van der Waals surface area contributed by atoms with Crippen molar-refractivity contribution >= 4 is 18.5 Å². The zero-order valence-electron chi connectivity index (χ0n) is 7.58. The predicted molar refractivity (Wildman–Crippen MR) is 56.1 cm³/mol. The van der Waals surface area contributed by atoms with E-state index in [9.17, 15) is 4.79 Å². The minimum absolute atomic E-state index is 0.0643. The lowest BCUT2D eigenvalue weighted by Gasteiger charge is -2.01. The van der Waals surface area contributed by atoms with Gasteiger partial charge < -0.3 is 5.32 Å². The fourth-order valence-corrected chi connectivity index (χ4v) is 1.21. The average molecular weight is 195 g/mol. The fourth-order valence-electron chi connectivity index (χ4n) is 1.06. The Morgan fingerprint density at radius 3 is 2.54 bits per heavy atom. The zero-order valence-corrected chi connectivity index (χ0v) is 8.47. The molecule has 0 saturated carbocycles. The minimum atomic E-state index is 0.0643. The third-order valence-electron chi connectivity index (χ3n) is 1.67. The molecular weight excluding hydrogens is 182 g/mol. The van der Waals surface area contributed by atoms with E-state index in [1.165, 1.54) is 0 Å². The van der Waals surface area contributed by atoms with Crippen LogP contribution in [0.4, 0.5) is 0 Å². The van der Waals surface area contributed by atoms with Gasteiger partial charge in [0.25, 0.3) is 0 Å². The lowest BCUT2D eigenvalue weighted by atomic mass is 10.1. The molecule has 0 aliphatic rings. The molecule has 70 valence electrons. The number of carbonyl (C=O) groups excluding carboxylic acids is 1. The molecule has 0 heterocycles. The summed E-state index contributed by atoms with van der Waals surface area (Å²) in [5.74, 6) is 0.0643. The van der Waals surface area contributed by atoms with Gasteiger partial charge in [-0.25, -0.2) is 0 Å². The molecule has 1 N–H and O–H groups in total. The zero-order chi connectivity index (χ0) is 9.68. The summed E-state index contributed by atoms with van der Waals surface area (Å²) in [7, 11) is 0. The molecule has 0 fully saturated rings. The molecule has 1 aromatic carbocycles. The summed E-state index contributed by atoms with van der Waals surface area (Å²) in [4.78, 5) is 12.1. The number of hydrogen-bond donors (Lipinski definition) is 2. The van der Waals surface area contributed by atoms with Crippen LogP contribution < -0.4 is 5.32 Å². The first-order valence-electron chi connectivity index (χ1n) is 4.27. The van der Waals surface area contributed by atoms with Crippen molar-refractivity contribution in [2.75, 3.05) is 6.54 Å². The van der Waals surface area contributed by atoms with E-state index < -0.39 is 0 Å². The highest BCUT2D eigenvalue weighted by atomic mass is 32.1. The molecule has 3 heteroatoms. The summed E-state index contributed by atoms with van der Waals surface area (Å²) in [6, 6.07) is 7.60. The summed E-state index contributed by atoms with van der Waals surface area (Å²) in [6.45, 7) is 2.60. The van der Waals surface area contributed by atoms with Crippen LogP contribution in [0.2, 0.25) is 0 Å². The molecule has 1 amide bonds. The molecule has 0 saturated heterocycles. The molecule has 0 bridgehead atoms. The van der Waals surface area contributed by atoms with Crippen molar-refractivity contribution < 1.29 is 4.79 Å². The number of nitrogens with one attached hydrogen (secondary N) is 1. The number of rotatable bonds is 3. The maximum Gasteiger partial charge on any atom is 0.224 e. The Morgan fingerprint density at radius 1 is 1.38 bits per heavy atom. The van der Waals surface area contributed by atoms with Crippen molar-refractivity contribution in [1.82, 2.24) is 5.32 Å². The Kier molecular flexibility index (Phi) is 3.83. The Bertz CT molecular complexity index is 281. The van der Waals surface area contributed by atoms with Crippen LogP contribution in [0.3, 0.4) is 0 Å². The molecule has 1 rings (SSSR count). The molecule has 0 unspecified atom stereocenters. The molecular formula is C10H13NOS. The number of hydrogen-bond acceptors (Lipinski definition) is 2. The van der Waals surface area contributed by atoms with Crippen LogP contribution in [0.1, 0.15) is 12.5 Å². The van der Waals surface area contributed by atoms with Crippen molar-refractivity contribution in [2.24, 2.45) is 0 Å². The van der Waals surface area contributed by atoms with Gasteiger partial charge in [0.1, 0.15) is 0 Å². The fraction of sp³-hybridized carbons (Fsp3) is 0.300. The van der Waals surface area contributed by atoms with Crippen LogP contribution >= 0.6 is 12.6 Å². The highest BCUT2D eigenvalue weighted by molar-refractivity contribution is 7.80. The smallest absolute Gasteiger partial charge is 0.224 e. The van der Waals surface area contributed by atoms with E-state index in [0.29, 0.717) is 13.0 Å². The van der Waals surface area contributed by atoms with Crippen molar-refractivity contribution in [2.45, 2.75) is 18.2 Å². The van der Waals surface area contributed by atoms with E-state index in [0.717, 1.165) is 10.5 Å². The second-order valence-electron chi connectivity index (χ2n) is 2.80. The second kappa shape index (κ2) is 4.92. The Morgan fingerprint density at radius 2 is 2.00 bits per heavy atom. The third-order valence-corrected chi connectivity index (χ3v) is 1.97. The molecule has 0 atom stereocenters. The summed E-state index contributed by atoms with van der Waals surface area (Å²) < 4.78 is 0. The van der Waals surface area contributed by atoms with Gasteiger partial charge in [-0.05, 0) is 24.6 Å². The van der Waals surface area contributed by atoms with Crippen molar-refractivity contribution in [3.63, 3.8) is 0 Å². The molecule has 0 aliphatic carbocycles. The van der Waals surface area contributed by atoms with Gasteiger partial charge >= 0.3 is 0 Å².